The molecular formula is C4H2O8. The summed E-state index contributed by atoms with van der Waals surface area (Å²) >= 11 is 0. The van der Waals surface area contributed by atoms with E-state index < -0.39 is 11.9 Å². The molecule has 66 valence electrons. The van der Waals surface area contributed by atoms with Crippen molar-refractivity contribution in [1.82, 2.24) is 0 Å². The van der Waals surface area contributed by atoms with Crippen molar-refractivity contribution in [3.05, 3.63) is 0 Å². The molecule has 0 amide bonds. The van der Waals surface area contributed by atoms with Gasteiger partial charge in [0, 0.05) is 0 Å². The van der Waals surface area contributed by atoms with Crippen molar-refractivity contribution < 1.29 is 38.7 Å². The first-order valence-electron chi connectivity index (χ1n) is 2.34. The summed E-state index contributed by atoms with van der Waals surface area (Å²) < 4.78 is 0. The fourth-order valence-corrected chi connectivity index (χ4v) is 0.195. The highest BCUT2D eigenvalue weighted by molar-refractivity contribution is 6.29. The maximum absolute atomic E-state index is 10.2. The molecule has 0 saturated carbocycles. The van der Waals surface area contributed by atoms with Crippen molar-refractivity contribution in [2.45, 2.75) is 0 Å². The molecule has 0 spiro atoms. The van der Waals surface area contributed by atoms with E-state index in [4.69, 9.17) is 0 Å². The summed E-state index contributed by atoms with van der Waals surface area (Å²) in [7, 11) is 0. The van der Waals surface area contributed by atoms with Crippen LogP contribution in [-0.4, -0.2) is 24.9 Å². The van der Waals surface area contributed by atoms with E-state index in [-0.39, 0.29) is 12.9 Å². The van der Waals surface area contributed by atoms with Crippen LogP contribution in [0.25, 0.3) is 0 Å². The van der Waals surface area contributed by atoms with Crippen LogP contribution in [-0.2, 0) is 38.7 Å². The lowest BCUT2D eigenvalue weighted by Gasteiger charge is -1.95. The van der Waals surface area contributed by atoms with E-state index in [0.29, 0.717) is 0 Å². The second-order valence-corrected chi connectivity index (χ2v) is 1.13. The van der Waals surface area contributed by atoms with E-state index in [1.807, 2.05) is 0 Å². The van der Waals surface area contributed by atoms with E-state index in [1.165, 1.54) is 0 Å². The standard InChI is InChI=1S/C4H2O8/c5-1-9-11-3(7)4(8)12-10-2-6/h1-2H. The first-order valence-corrected chi connectivity index (χ1v) is 2.34. The van der Waals surface area contributed by atoms with Crippen LogP contribution in [0.1, 0.15) is 0 Å². The first-order chi connectivity index (χ1) is 5.72. The van der Waals surface area contributed by atoms with Crippen LogP contribution in [0.4, 0.5) is 0 Å². The normalized spacial score (nSPS) is 7.67. The van der Waals surface area contributed by atoms with E-state index in [1.54, 1.807) is 0 Å². The first kappa shape index (κ1) is 9.88. The number of hydrogen-bond donors (Lipinski definition) is 0. The molecule has 0 N–H and O–H groups in total. The SMILES string of the molecule is O=COOC(=O)C(=O)OOC=O. The Morgan fingerprint density at radius 1 is 0.833 bits per heavy atom. The number of carbonyl (C=O) groups excluding carboxylic acids is 4. The highest BCUT2D eigenvalue weighted by atomic mass is 17.2. The van der Waals surface area contributed by atoms with Gasteiger partial charge in [-0.25, -0.2) is 19.4 Å². The molecule has 0 unspecified atom stereocenters. The van der Waals surface area contributed by atoms with Gasteiger partial charge in [-0.2, -0.15) is 0 Å². The summed E-state index contributed by atoms with van der Waals surface area (Å²) in [5.41, 5.74) is 0. The van der Waals surface area contributed by atoms with Gasteiger partial charge in [-0.1, -0.05) is 0 Å². The third-order valence-corrected chi connectivity index (χ3v) is 0.493. The second kappa shape index (κ2) is 5.65. The summed E-state index contributed by atoms with van der Waals surface area (Å²) in [6.45, 7) is -0.461. The topological polar surface area (TPSA) is 105 Å². The Morgan fingerprint density at radius 3 is 1.42 bits per heavy atom. The van der Waals surface area contributed by atoms with Crippen LogP contribution in [0.15, 0.2) is 0 Å². The predicted octanol–water partition coefficient (Wildman–Crippen LogP) is -1.75. The minimum atomic E-state index is -1.64. The highest BCUT2D eigenvalue weighted by Crippen LogP contribution is 1.84. The number of hydrogen-bond acceptors (Lipinski definition) is 8. The van der Waals surface area contributed by atoms with Gasteiger partial charge in [-0.05, 0) is 0 Å². The van der Waals surface area contributed by atoms with Crippen molar-refractivity contribution in [2.75, 3.05) is 0 Å². The Labute approximate surface area is 64.8 Å². The lowest BCUT2D eigenvalue weighted by atomic mass is 10.7. The molecule has 0 atom stereocenters. The largest absolute Gasteiger partial charge is 0.467 e. The molecule has 0 bridgehead atoms. The molecule has 0 aromatic carbocycles. The molecule has 0 aliphatic carbocycles. The fourth-order valence-electron chi connectivity index (χ4n) is 0.195. The van der Waals surface area contributed by atoms with Gasteiger partial charge in [0.2, 0.25) is 0 Å². The Hall–Kier alpha value is -2.12. The maximum Gasteiger partial charge on any atom is 0.467 e. The van der Waals surface area contributed by atoms with Gasteiger partial charge < -0.3 is 0 Å². The smallest absolute Gasteiger partial charge is 0.251 e. The van der Waals surface area contributed by atoms with Crippen molar-refractivity contribution in [3.63, 3.8) is 0 Å². The molecule has 0 fully saturated rings. The van der Waals surface area contributed by atoms with Gasteiger partial charge in [0.25, 0.3) is 0 Å². The Balaban J connectivity index is 3.68. The van der Waals surface area contributed by atoms with Gasteiger partial charge in [0.15, 0.2) is 0 Å². The summed E-state index contributed by atoms with van der Waals surface area (Å²) in [4.78, 5) is 53.1. The van der Waals surface area contributed by atoms with Crippen molar-refractivity contribution in [2.24, 2.45) is 0 Å². The Bertz CT molecular complexity index is 173. The molecule has 0 aliphatic heterocycles. The van der Waals surface area contributed by atoms with Gasteiger partial charge in [0.1, 0.15) is 0 Å². The summed E-state index contributed by atoms with van der Waals surface area (Å²) in [5, 5.41) is 0. The highest BCUT2D eigenvalue weighted by Gasteiger charge is 2.20. The lowest BCUT2D eigenvalue weighted by molar-refractivity contribution is -0.269. The van der Waals surface area contributed by atoms with Gasteiger partial charge in [-0.3, -0.25) is 19.4 Å². The van der Waals surface area contributed by atoms with E-state index in [0.717, 1.165) is 0 Å². The van der Waals surface area contributed by atoms with Crippen LogP contribution in [0.3, 0.4) is 0 Å². The zero-order valence-electron chi connectivity index (χ0n) is 5.42. The maximum atomic E-state index is 10.2. The van der Waals surface area contributed by atoms with E-state index >= 15 is 0 Å². The molecular weight excluding hydrogens is 176 g/mol. The van der Waals surface area contributed by atoms with Crippen molar-refractivity contribution >= 4 is 24.9 Å². The molecule has 8 heteroatoms. The lowest BCUT2D eigenvalue weighted by Crippen LogP contribution is -2.20. The molecule has 0 heterocycles. The molecule has 0 aliphatic rings. The van der Waals surface area contributed by atoms with Crippen molar-refractivity contribution in [3.8, 4) is 0 Å². The van der Waals surface area contributed by atoms with Crippen LogP contribution in [0.5, 0.6) is 0 Å². The molecule has 8 nitrogen and oxygen atoms in total. The molecule has 0 rings (SSSR count). The Morgan fingerprint density at radius 2 is 1.17 bits per heavy atom. The minimum absolute atomic E-state index is 0.230. The number of carbonyl (C=O) groups is 4. The molecule has 12 heavy (non-hydrogen) atoms. The van der Waals surface area contributed by atoms with Gasteiger partial charge in [0.05, 0.1) is 0 Å². The van der Waals surface area contributed by atoms with Gasteiger partial charge >= 0.3 is 24.9 Å². The third-order valence-electron chi connectivity index (χ3n) is 0.493. The second-order valence-electron chi connectivity index (χ2n) is 1.13. The average Bonchev–Trinajstić information content (AvgIpc) is 2.10. The summed E-state index contributed by atoms with van der Waals surface area (Å²) in [6, 6.07) is 0. The third kappa shape index (κ3) is 3.82. The van der Waals surface area contributed by atoms with Crippen molar-refractivity contribution in [1.29, 1.82) is 0 Å². The molecule has 0 aromatic heterocycles. The van der Waals surface area contributed by atoms with Crippen LogP contribution < -0.4 is 0 Å². The monoisotopic (exact) mass is 178 g/mol. The zero-order chi connectivity index (χ0) is 9.40. The fraction of sp³-hybridized carbons (Fsp3) is 0. The van der Waals surface area contributed by atoms with Crippen LogP contribution in [0, 0.1) is 0 Å². The molecule has 0 saturated heterocycles. The zero-order valence-corrected chi connectivity index (χ0v) is 5.42. The summed E-state index contributed by atoms with van der Waals surface area (Å²) in [5.74, 6) is -3.27. The predicted molar refractivity (Wildman–Crippen MR) is 26.5 cm³/mol. The quantitative estimate of drug-likeness (QED) is 0.216. The molecule has 0 radical (unpaired) electrons. The Kier molecular flexibility index (Phi) is 4.65. The van der Waals surface area contributed by atoms with E-state index in [2.05, 4.69) is 19.6 Å². The van der Waals surface area contributed by atoms with Crippen LogP contribution in [0.2, 0.25) is 0 Å². The summed E-state index contributed by atoms with van der Waals surface area (Å²) in [6.07, 6.45) is 0. The van der Waals surface area contributed by atoms with E-state index in [9.17, 15) is 19.2 Å². The van der Waals surface area contributed by atoms with Crippen LogP contribution >= 0.6 is 0 Å². The number of rotatable bonds is 4. The van der Waals surface area contributed by atoms with Gasteiger partial charge in [-0.15, -0.1) is 0 Å². The molecule has 0 aromatic rings. The minimum Gasteiger partial charge on any atom is -0.251 e. The average molecular weight is 178 g/mol.